The molecule has 32 heavy (non-hydrogen) atoms. The van der Waals surface area contributed by atoms with E-state index in [0.29, 0.717) is 5.56 Å². The predicted octanol–water partition coefficient (Wildman–Crippen LogP) is 5.06. The van der Waals surface area contributed by atoms with Crippen molar-refractivity contribution in [3.63, 3.8) is 0 Å². The Kier molecular flexibility index (Phi) is 6.92. The highest BCUT2D eigenvalue weighted by Gasteiger charge is 2.45. The molecule has 0 aromatic heterocycles. The van der Waals surface area contributed by atoms with Gasteiger partial charge in [-0.25, -0.2) is 0 Å². The first-order valence-corrected chi connectivity index (χ1v) is 11.1. The first-order valence-electron chi connectivity index (χ1n) is 11.1. The first kappa shape index (κ1) is 23.4. The number of phenolic OH excluding ortho intramolecular Hbond substituents is 1. The van der Waals surface area contributed by atoms with Gasteiger partial charge in [-0.15, -0.1) is 0 Å². The summed E-state index contributed by atoms with van der Waals surface area (Å²) in [5.41, 5.74) is 2.94. The molecule has 2 aromatic rings. The van der Waals surface area contributed by atoms with Crippen molar-refractivity contribution >= 4 is 23.1 Å². The van der Waals surface area contributed by atoms with E-state index in [-0.39, 0.29) is 35.1 Å². The Hall–Kier alpha value is -3.28. The van der Waals surface area contributed by atoms with Crippen LogP contribution in [0, 0.1) is 12.8 Å². The molecule has 6 heteroatoms. The average Bonchev–Trinajstić information content (AvgIpc) is 3.01. The lowest BCUT2D eigenvalue weighted by Gasteiger charge is -2.28. The van der Waals surface area contributed by atoms with Gasteiger partial charge in [0.15, 0.2) is 11.5 Å². The van der Waals surface area contributed by atoms with Crippen molar-refractivity contribution < 1.29 is 19.8 Å². The predicted molar refractivity (Wildman–Crippen MR) is 127 cm³/mol. The Bertz CT molecular complexity index is 1040. The molecule has 2 aromatic carbocycles. The lowest BCUT2D eigenvalue weighted by atomic mass is 9.91. The fourth-order valence-corrected chi connectivity index (χ4v) is 4.22. The normalized spacial score (nSPS) is 16.2. The molecule has 2 N–H and O–H groups in total. The Morgan fingerprint density at radius 1 is 1.06 bits per heavy atom. The van der Waals surface area contributed by atoms with Gasteiger partial charge in [0, 0.05) is 25.2 Å². The van der Waals surface area contributed by atoms with Gasteiger partial charge >= 0.3 is 0 Å². The van der Waals surface area contributed by atoms with Gasteiger partial charge in [0.25, 0.3) is 5.91 Å². The zero-order valence-corrected chi connectivity index (χ0v) is 19.4. The number of carbonyl (C=O) groups excluding carboxylic acids is 2. The lowest BCUT2D eigenvalue weighted by Crippen LogP contribution is -2.31. The van der Waals surface area contributed by atoms with E-state index in [1.807, 2.05) is 45.0 Å². The Balaban J connectivity index is 2.15. The summed E-state index contributed by atoms with van der Waals surface area (Å²) in [5.74, 6) is -1.51. The van der Waals surface area contributed by atoms with Crippen molar-refractivity contribution in [1.29, 1.82) is 0 Å². The number of anilines is 2. The fraction of sp³-hybridized carbons (Fsp3) is 0.385. The molecular formula is C26H32N2O4. The molecule has 1 aliphatic rings. The van der Waals surface area contributed by atoms with Crippen molar-refractivity contribution in [2.75, 3.05) is 22.9 Å². The summed E-state index contributed by atoms with van der Waals surface area (Å²) in [6.45, 7) is 11.6. The maximum absolute atomic E-state index is 13.2. The fourth-order valence-electron chi connectivity index (χ4n) is 4.22. The minimum Gasteiger partial charge on any atom is -0.506 e. The van der Waals surface area contributed by atoms with E-state index >= 15 is 0 Å². The number of benzene rings is 2. The molecule has 0 fully saturated rings. The minimum atomic E-state index is -0.813. The number of hydrogen-bond acceptors (Lipinski definition) is 5. The smallest absolute Gasteiger partial charge is 0.294 e. The summed E-state index contributed by atoms with van der Waals surface area (Å²) >= 11 is 0. The van der Waals surface area contributed by atoms with Crippen LogP contribution in [0.15, 0.2) is 53.8 Å². The molecule has 1 atom stereocenters. The van der Waals surface area contributed by atoms with E-state index in [2.05, 4.69) is 18.7 Å². The van der Waals surface area contributed by atoms with E-state index in [9.17, 15) is 19.8 Å². The third-order valence-corrected chi connectivity index (χ3v) is 5.83. The largest absolute Gasteiger partial charge is 0.506 e. The summed E-state index contributed by atoms with van der Waals surface area (Å²) in [4.78, 5) is 29.8. The number of aliphatic hydroxyl groups excluding tert-OH is 1. The third-order valence-electron chi connectivity index (χ3n) is 5.83. The number of amides is 1. The molecule has 1 unspecified atom stereocenters. The number of aliphatic hydroxyl groups is 1. The second kappa shape index (κ2) is 9.47. The lowest BCUT2D eigenvalue weighted by molar-refractivity contribution is -0.118. The Morgan fingerprint density at radius 3 is 2.25 bits per heavy atom. The third kappa shape index (κ3) is 4.35. The molecule has 0 spiro atoms. The maximum atomic E-state index is 13.2. The summed E-state index contributed by atoms with van der Waals surface area (Å²) in [6, 6.07) is 11.8. The molecule has 0 bridgehead atoms. The standard InChI is InChI=1S/C26H32N2O4/c1-6-27(7-2)19-11-9-18(10-12-19)24-23(22(30)14-16(3)4)25(31)26(32)28(24)20-15-17(5)8-13-21(20)29/h8-13,15-16,24,29,31H,6-7,14H2,1-5H3. The second-order valence-electron chi connectivity index (χ2n) is 8.62. The van der Waals surface area contributed by atoms with Gasteiger partial charge in [-0.05, 0) is 62.1 Å². The van der Waals surface area contributed by atoms with Crippen molar-refractivity contribution in [1.82, 2.24) is 0 Å². The molecule has 1 aliphatic heterocycles. The van der Waals surface area contributed by atoms with Crippen molar-refractivity contribution in [2.45, 2.75) is 47.1 Å². The van der Waals surface area contributed by atoms with Crippen LogP contribution >= 0.6 is 0 Å². The quantitative estimate of drug-likeness (QED) is 0.604. The van der Waals surface area contributed by atoms with Gasteiger partial charge in [-0.2, -0.15) is 0 Å². The zero-order valence-electron chi connectivity index (χ0n) is 19.4. The van der Waals surface area contributed by atoms with E-state index in [0.717, 1.165) is 24.3 Å². The van der Waals surface area contributed by atoms with Crippen LogP contribution in [0.4, 0.5) is 11.4 Å². The first-order chi connectivity index (χ1) is 15.2. The highest BCUT2D eigenvalue weighted by atomic mass is 16.3. The molecule has 1 heterocycles. The second-order valence-corrected chi connectivity index (χ2v) is 8.62. The van der Waals surface area contributed by atoms with Crippen LogP contribution in [0.3, 0.4) is 0 Å². The molecule has 1 amide bonds. The zero-order chi connectivity index (χ0) is 23.6. The van der Waals surface area contributed by atoms with Crippen LogP contribution in [0.5, 0.6) is 5.75 Å². The van der Waals surface area contributed by atoms with Crippen LogP contribution in [0.2, 0.25) is 0 Å². The van der Waals surface area contributed by atoms with Gasteiger partial charge < -0.3 is 15.1 Å². The number of carbonyl (C=O) groups is 2. The highest BCUT2D eigenvalue weighted by Crippen LogP contribution is 2.44. The highest BCUT2D eigenvalue weighted by molar-refractivity contribution is 6.17. The number of phenols is 1. The molecule has 6 nitrogen and oxygen atoms in total. The van der Waals surface area contributed by atoms with Gasteiger partial charge in [-0.3, -0.25) is 14.5 Å². The molecular weight excluding hydrogens is 404 g/mol. The summed E-state index contributed by atoms with van der Waals surface area (Å²) in [7, 11) is 0. The van der Waals surface area contributed by atoms with Crippen molar-refractivity contribution in [3.05, 3.63) is 64.9 Å². The molecule has 3 rings (SSSR count). The molecule has 0 saturated heterocycles. The number of Topliss-reactive ketones (excluding diaryl/α,β-unsaturated/α-hetero) is 1. The van der Waals surface area contributed by atoms with Gasteiger partial charge in [0.2, 0.25) is 0 Å². The number of rotatable bonds is 8. The van der Waals surface area contributed by atoms with Crippen LogP contribution < -0.4 is 9.80 Å². The summed E-state index contributed by atoms with van der Waals surface area (Å²) in [5, 5.41) is 21.3. The van der Waals surface area contributed by atoms with Crippen molar-refractivity contribution in [3.8, 4) is 5.75 Å². The van der Waals surface area contributed by atoms with E-state index in [1.165, 1.54) is 11.0 Å². The topological polar surface area (TPSA) is 81.1 Å². The Labute approximate surface area is 189 Å². The molecule has 0 radical (unpaired) electrons. The maximum Gasteiger partial charge on any atom is 0.294 e. The molecule has 0 aliphatic carbocycles. The summed E-state index contributed by atoms with van der Waals surface area (Å²) in [6.07, 6.45) is 0.217. The number of ketones is 1. The average molecular weight is 437 g/mol. The number of aryl methyl sites for hydroxylation is 1. The minimum absolute atomic E-state index is 0.0741. The van der Waals surface area contributed by atoms with Crippen LogP contribution in [0.1, 0.15) is 51.3 Å². The van der Waals surface area contributed by atoms with Gasteiger partial charge in [0.05, 0.1) is 17.3 Å². The van der Waals surface area contributed by atoms with Gasteiger partial charge in [0.1, 0.15) is 5.75 Å². The van der Waals surface area contributed by atoms with E-state index in [1.54, 1.807) is 12.1 Å². The SMILES string of the molecule is CCN(CC)c1ccc(C2C(C(=O)CC(C)C)=C(O)C(=O)N2c2cc(C)ccc2O)cc1. The Morgan fingerprint density at radius 2 is 1.69 bits per heavy atom. The molecule has 170 valence electrons. The van der Waals surface area contributed by atoms with Crippen molar-refractivity contribution in [2.24, 2.45) is 5.92 Å². The van der Waals surface area contributed by atoms with Crippen LogP contribution in [-0.4, -0.2) is 35.0 Å². The van der Waals surface area contributed by atoms with Crippen LogP contribution in [0.25, 0.3) is 0 Å². The van der Waals surface area contributed by atoms with E-state index in [4.69, 9.17) is 0 Å². The van der Waals surface area contributed by atoms with E-state index < -0.39 is 17.7 Å². The number of nitrogens with zero attached hydrogens (tertiary/aromatic N) is 2. The van der Waals surface area contributed by atoms with Crippen LogP contribution in [-0.2, 0) is 9.59 Å². The molecule has 0 saturated carbocycles. The monoisotopic (exact) mass is 436 g/mol. The van der Waals surface area contributed by atoms with Gasteiger partial charge in [-0.1, -0.05) is 32.0 Å². The number of hydrogen-bond donors (Lipinski definition) is 2. The number of aromatic hydroxyl groups is 1. The summed E-state index contributed by atoms with van der Waals surface area (Å²) < 4.78 is 0.